The largest absolute Gasteiger partial charge is 0.465 e. The molecule has 0 saturated carbocycles. The minimum absolute atomic E-state index is 0.0286. The van der Waals surface area contributed by atoms with Crippen molar-refractivity contribution in [3.05, 3.63) is 74.3 Å². The van der Waals surface area contributed by atoms with E-state index >= 15 is 0 Å². The van der Waals surface area contributed by atoms with E-state index in [1.807, 2.05) is 0 Å². The fourth-order valence-corrected chi connectivity index (χ4v) is 2.26. The zero-order valence-electron chi connectivity index (χ0n) is 11.2. The Labute approximate surface area is 126 Å². The van der Waals surface area contributed by atoms with Crippen molar-refractivity contribution in [1.29, 1.82) is 0 Å². The summed E-state index contributed by atoms with van der Waals surface area (Å²) in [6.45, 7) is 0. The van der Waals surface area contributed by atoms with Crippen molar-refractivity contribution in [3.8, 4) is 0 Å². The fraction of sp³-hybridized carbons (Fsp3) is 0.133. The summed E-state index contributed by atoms with van der Waals surface area (Å²) in [5.41, 5.74) is 1.45. The third kappa shape index (κ3) is 3.38. The van der Waals surface area contributed by atoms with E-state index in [-0.39, 0.29) is 12.1 Å². The van der Waals surface area contributed by atoms with Crippen LogP contribution in [0, 0.1) is 10.1 Å². The third-order valence-electron chi connectivity index (χ3n) is 3.04. The number of methoxy groups -OCH3 is 1. The Bertz CT molecular complexity index is 700. The van der Waals surface area contributed by atoms with E-state index in [9.17, 15) is 14.9 Å². The van der Waals surface area contributed by atoms with E-state index in [0.717, 1.165) is 0 Å². The van der Waals surface area contributed by atoms with Gasteiger partial charge in [-0.3, -0.25) is 10.1 Å². The molecule has 0 aromatic heterocycles. The molecule has 2 rings (SSSR count). The number of rotatable bonds is 4. The van der Waals surface area contributed by atoms with E-state index in [4.69, 9.17) is 16.3 Å². The van der Waals surface area contributed by atoms with Gasteiger partial charge in [-0.2, -0.15) is 0 Å². The molecular weight excluding hydrogens is 294 g/mol. The molecule has 108 valence electrons. The van der Waals surface area contributed by atoms with E-state index in [2.05, 4.69) is 0 Å². The molecule has 0 radical (unpaired) electrons. The van der Waals surface area contributed by atoms with Crippen molar-refractivity contribution in [3.63, 3.8) is 0 Å². The number of halogens is 1. The average Bonchev–Trinajstić information content (AvgIpc) is 2.47. The van der Waals surface area contributed by atoms with Gasteiger partial charge in [0.15, 0.2) is 0 Å². The Balaban J connectivity index is 2.46. The van der Waals surface area contributed by atoms with Gasteiger partial charge in [-0.25, -0.2) is 4.79 Å². The molecule has 0 saturated heterocycles. The molecule has 21 heavy (non-hydrogen) atoms. The summed E-state index contributed by atoms with van der Waals surface area (Å²) < 4.78 is 4.72. The monoisotopic (exact) mass is 305 g/mol. The molecule has 2 aromatic carbocycles. The highest BCUT2D eigenvalue weighted by Gasteiger charge is 2.17. The van der Waals surface area contributed by atoms with E-state index in [1.54, 1.807) is 24.3 Å². The van der Waals surface area contributed by atoms with Crippen LogP contribution in [0.5, 0.6) is 0 Å². The van der Waals surface area contributed by atoms with Gasteiger partial charge >= 0.3 is 5.97 Å². The number of hydrogen-bond acceptors (Lipinski definition) is 4. The first-order valence-electron chi connectivity index (χ1n) is 6.12. The van der Waals surface area contributed by atoms with Crippen molar-refractivity contribution < 1.29 is 14.5 Å². The Kier molecular flexibility index (Phi) is 4.55. The van der Waals surface area contributed by atoms with Crippen LogP contribution < -0.4 is 0 Å². The number of nitro benzene ring substituents is 1. The van der Waals surface area contributed by atoms with Crippen LogP contribution in [0.25, 0.3) is 0 Å². The number of carbonyl (C=O) groups is 1. The third-order valence-corrected chi connectivity index (χ3v) is 3.28. The van der Waals surface area contributed by atoms with Gasteiger partial charge in [0, 0.05) is 23.1 Å². The molecule has 0 aliphatic rings. The SMILES string of the molecule is COC(=O)c1ccccc1Cc1cc(Cl)ccc1[N+](=O)[O-]. The number of ether oxygens (including phenoxy) is 1. The molecule has 0 aliphatic heterocycles. The van der Waals surface area contributed by atoms with Crippen molar-refractivity contribution in [2.75, 3.05) is 7.11 Å². The Morgan fingerprint density at radius 1 is 1.24 bits per heavy atom. The lowest BCUT2D eigenvalue weighted by Crippen LogP contribution is -2.06. The lowest BCUT2D eigenvalue weighted by molar-refractivity contribution is -0.385. The van der Waals surface area contributed by atoms with Crippen LogP contribution in [0.4, 0.5) is 5.69 Å². The summed E-state index contributed by atoms with van der Waals surface area (Å²) in [5, 5.41) is 11.5. The van der Waals surface area contributed by atoms with Crippen LogP contribution in [-0.4, -0.2) is 18.0 Å². The molecule has 6 heteroatoms. The Hall–Kier alpha value is -2.40. The second-order valence-electron chi connectivity index (χ2n) is 4.36. The molecule has 0 amide bonds. The van der Waals surface area contributed by atoms with Gasteiger partial charge in [0.25, 0.3) is 5.69 Å². The molecule has 0 aliphatic carbocycles. The Morgan fingerprint density at radius 2 is 1.95 bits per heavy atom. The van der Waals surface area contributed by atoms with Gasteiger partial charge < -0.3 is 4.74 Å². The standard InChI is InChI=1S/C15H12ClNO4/c1-21-15(18)13-5-3-2-4-10(13)8-11-9-12(16)6-7-14(11)17(19)20/h2-7,9H,8H2,1H3. The maximum absolute atomic E-state index is 11.7. The molecular formula is C15H12ClNO4. The van der Waals surface area contributed by atoms with E-state index < -0.39 is 10.9 Å². The fourth-order valence-electron chi connectivity index (χ4n) is 2.06. The summed E-state index contributed by atoms with van der Waals surface area (Å²) in [7, 11) is 1.29. The summed E-state index contributed by atoms with van der Waals surface area (Å²) in [6, 6.07) is 11.2. The number of nitro groups is 1. The number of hydrogen-bond donors (Lipinski definition) is 0. The second kappa shape index (κ2) is 6.37. The summed E-state index contributed by atoms with van der Waals surface area (Å²) in [5.74, 6) is -0.477. The molecule has 2 aromatic rings. The zero-order chi connectivity index (χ0) is 15.4. The van der Waals surface area contributed by atoms with Crippen molar-refractivity contribution in [1.82, 2.24) is 0 Å². The van der Waals surface area contributed by atoms with Crippen molar-refractivity contribution in [2.24, 2.45) is 0 Å². The van der Waals surface area contributed by atoms with Crippen LogP contribution in [0.15, 0.2) is 42.5 Å². The normalized spacial score (nSPS) is 10.2. The predicted octanol–water partition coefficient (Wildman–Crippen LogP) is 3.63. The van der Waals surface area contributed by atoms with Crippen LogP contribution in [0.3, 0.4) is 0 Å². The summed E-state index contributed by atoms with van der Waals surface area (Å²) in [6.07, 6.45) is 0.224. The van der Waals surface area contributed by atoms with Gasteiger partial charge in [-0.05, 0) is 23.8 Å². The molecule has 5 nitrogen and oxygen atoms in total. The number of benzene rings is 2. The van der Waals surface area contributed by atoms with Gasteiger partial charge in [0.05, 0.1) is 17.6 Å². The minimum atomic E-state index is -0.477. The maximum atomic E-state index is 11.7. The van der Waals surface area contributed by atoms with Crippen LogP contribution >= 0.6 is 11.6 Å². The first-order valence-corrected chi connectivity index (χ1v) is 6.49. The average molecular weight is 306 g/mol. The van der Waals surface area contributed by atoms with Crippen LogP contribution in [0.1, 0.15) is 21.5 Å². The quantitative estimate of drug-likeness (QED) is 0.491. The highest BCUT2D eigenvalue weighted by atomic mass is 35.5. The van der Waals surface area contributed by atoms with Crippen molar-refractivity contribution in [2.45, 2.75) is 6.42 Å². The molecule has 0 heterocycles. The molecule has 0 atom stereocenters. The van der Waals surface area contributed by atoms with Gasteiger partial charge in [-0.1, -0.05) is 29.8 Å². The zero-order valence-corrected chi connectivity index (χ0v) is 12.0. The van der Waals surface area contributed by atoms with Gasteiger partial charge in [-0.15, -0.1) is 0 Å². The predicted molar refractivity (Wildman–Crippen MR) is 78.7 cm³/mol. The van der Waals surface area contributed by atoms with Gasteiger partial charge in [0.1, 0.15) is 0 Å². The smallest absolute Gasteiger partial charge is 0.338 e. The van der Waals surface area contributed by atoms with Gasteiger partial charge in [0.2, 0.25) is 0 Å². The number of nitrogens with zero attached hydrogens (tertiary/aromatic N) is 1. The lowest BCUT2D eigenvalue weighted by atomic mass is 9.99. The van der Waals surface area contributed by atoms with E-state index in [0.29, 0.717) is 21.7 Å². The maximum Gasteiger partial charge on any atom is 0.338 e. The summed E-state index contributed by atoms with van der Waals surface area (Å²) in [4.78, 5) is 22.3. The molecule has 0 spiro atoms. The Morgan fingerprint density at radius 3 is 2.62 bits per heavy atom. The van der Waals surface area contributed by atoms with E-state index in [1.165, 1.54) is 25.3 Å². The number of esters is 1. The highest BCUT2D eigenvalue weighted by Crippen LogP contribution is 2.26. The molecule has 0 fully saturated rings. The summed E-state index contributed by atoms with van der Waals surface area (Å²) >= 11 is 5.90. The highest BCUT2D eigenvalue weighted by molar-refractivity contribution is 6.30. The second-order valence-corrected chi connectivity index (χ2v) is 4.79. The lowest BCUT2D eigenvalue weighted by Gasteiger charge is -2.08. The molecule has 0 unspecified atom stereocenters. The molecule has 0 N–H and O–H groups in total. The van der Waals surface area contributed by atoms with Crippen LogP contribution in [-0.2, 0) is 11.2 Å². The minimum Gasteiger partial charge on any atom is -0.465 e. The van der Waals surface area contributed by atoms with Crippen LogP contribution in [0.2, 0.25) is 5.02 Å². The number of carbonyl (C=O) groups excluding carboxylic acids is 1. The van der Waals surface area contributed by atoms with Crippen molar-refractivity contribution >= 4 is 23.3 Å². The topological polar surface area (TPSA) is 69.4 Å². The first kappa shape index (κ1) is 15.0. The molecule has 0 bridgehead atoms. The first-order chi connectivity index (χ1) is 10.0.